The first-order valence-corrected chi connectivity index (χ1v) is 10.5. The molecule has 7 nitrogen and oxygen atoms in total. The van der Waals surface area contributed by atoms with Crippen LogP contribution in [-0.2, 0) is 15.9 Å². The molecular formula is C23H26N4O3. The van der Waals surface area contributed by atoms with Gasteiger partial charge in [0.25, 0.3) is 5.91 Å². The number of fused-ring (bicyclic) bond motifs is 2. The first-order chi connectivity index (χ1) is 14.6. The number of hydrogen-bond donors (Lipinski definition) is 0. The zero-order valence-electron chi connectivity index (χ0n) is 17.3. The van der Waals surface area contributed by atoms with Crippen molar-refractivity contribution in [1.29, 1.82) is 0 Å². The van der Waals surface area contributed by atoms with Crippen LogP contribution in [0.15, 0.2) is 42.7 Å². The fourth-order valence-corrected chi connectivity index (χ4v) is 4.37. The molecule has 0 N–H and O–H groups in total. The van der Waals surface area contributed by atoms with Gasteiger partial charge in [0.2, 0.25) is 0 Å². The summed E-state index contributed by atoms with van der Waals surface area (Å²) in [5.74, 6) is 0.0163. The molecular weight excluding hydrogens is 380 g/mol. The molecule has 0 bridgehead atoms. The Kier molecular flexibility index (Phi) is 5.00. The summed E-state index contributed by atoms with van der Waals surface area (Å²) in [6.07, 6.45) is 4.38. The van der Waals surface area contributed by atoms with Gasteiger partial charge in [0.15, 0.2) is 0 Å². The Bertz CT molecular complexity index is 1050. The molecule has 0 spiro atoms. The van der Waals surface area contributed by atoms with Crippen molar-refractivity contribution in [2.45, 2.75) is 38.5 Å². The zero-order chi connectivity index (χ0) is 20.7. The maximum absolute atomic E-state index is 13.5. The van der Waals surface area contributed by atoms with Crippen molar-refractivity contribution >= 4 is 16.8 Å². The van der Waals surface area contributed by atoms with Gasteiger partial charge >= 0.3 is 0 Å². The van der Waals surface area contributed by atoms with Gasteiger partial charge < -0.3 is 14.4 Å². The van der Waals surface area contributed by atoms with E-state index in [9.17, 15) is 4.79 Å². The van der Waals surface area contributed by atoms with Crippen LogP contribution in [0.3, 0.4) is 0 Å². The Labute approximate surface area is 175 Å². The van der Waals surface area contributed by atoms with Crippen LogP contribution in [-0.4, -0.2) is 64.1 Å². The molecule has 5 rings (SSSR count). The molecule has 0 saturated carbocycles. The second kappa shape index (κ2) is 7.81. The number of aromatic nitrogens is 3. The molecule has 3 aromatic rings. The predicted octanol–water partition coefficient (Wildman–Crippen LogP) is 2.78. The Morgan fingerprint density at radius 2 is 1.93 bits per heavy atom. The van der Waals surface area contributed by atoms with Crippen LogP contribution in [0, 0.1) is 6.92 Å². The number of amides is 1. The summed E-state index contributed by atoms with van der Waals surface area (Å²) in [5.41, 5.74) is 3.61. The van der Waals surface area contributed by atoms with E-state index in [1.165, 1.54) is 5.56 Å². The number of rotatable bonds is 3. The third kappa shape index (κ3) is 3.48. The third-order valence-electron chi connectivity index (χ3n) is 6.05. The minimum atomic E-state index is -0.116. The van der Waals surface area contributed by atoms with Gasteiger partial charge in [0.1, 0.15) is 12.2 Å². The lowest BCUT2D eigenvalue weighted by atomic mass is 10.0. The molecule has 0 unspecified atom stereocenters. The number of hydrogen-bond acceptors (Lipinski definition) is 5. The van der Waals surface area contributed by atoms with Gasteiger partial charge in [-0.15, -0.1) is 0 Å². The van der Waals surface area contributed by atoms with Gasteiger partial charge in [-0.2, -0.15) is 5.10 Å². The molecule has 7 heteroatoms. The molecule has 2 atom stereocenters. The van der Waals surface area contributed by atoms with E-state index in [-0.39, 0.29) is 24.2 Å². The highest BCUT2D eigenvalue weighted by Crippen LogP contribution is 2.27. The monoisotopic (exact) mass is 406 g/mol. The number of carbonyl (C=O) groups is 1. The van der Waals surface area contributed by atoms with Crippen molar-refractivity contribution in [1.82, 2.24) is 19.7 Å². The normalized spacial score (nSPS) is 22.3. The van der Waals surface area contributed by atoms with E-state index in [0.29, 0.717) is 31.9 Å². The lowest BCUT2D eigenvalue weighted by Crippen LogP contribution is -2.31. The first-order valence-electron chi connectivity index (χ1n) is 10.5. The van der Waals surface area contributed by atoms with Crippen molar-refractivity contribution < 1.29 is 14.3 Å². The van der Waals surface area contributed by atoms with Crippen LogP contribution in [0.1, 0.15) is 34.6 Å². The lowest BCUT2D eigenvalue weighted by molar-refractivity contribution is -0.00461. The van der Waals surface area contributed by atoms with Crippen molar-refractivity contribution in [3.05, 3.63) is 59.5 Å². The number of ether oxygens (including phenoxy) is 2. The smallest absolute Gasteiger partial charge is 0.254 e. The van der Waals surface area contributed by atoms with Crippen molar-refractivity contribution in [3.63, 3.8) is 0 Å². The summed E-state index contributed by atoms with van der Waals surface area (Å²) < 4.78 is 14.1. The highest BCUT2D eigenvalue weighted by Gasteiger charge is 2.40. The van der Waals surface area contributed by atoms with Gasteiger partial charge in [-0.3, -0.25) is 14.5 Å². The van der Waals surface area contributed by atoms with E-state index in [1.54, 1.807) is 6.20 Å². The Balaban J connectivity index is 1.36. The van der Waals surface area contributed by atoms with Crippen molar-refractivity contribution in [2.24, 2.45) is 0 Å². The summed E-state index contributed by atoms with van der Waals surface area (Å²) in [6.45, 7) is 6.17. The van der Waals surface area contributed by atoms with Crippen LogP contribution >= 0.6 is 0 Å². The molecule has 2 aliphatic rings. The summed E-state index contributed by atoms with van der Waals surface area (Å²) in [7, 11) is 0. The number of likely N-dealkylation sites (tertiary alicyclic amines) is 1. The Morgan fingerprint density at radius 1 is 1.17 bits per heavy atom. The van der Waals surface area contributed by atoms with Gasteiger partial charge in [-0.05, 0) is 43.2 Å². The topological polar surface area (TPSA) is 69.5 Å². The zero-order valence-corrected chi connectivity index (χ0v) is 17.3. The van der Waals surface area contributed by atoms with E-state index in [1.807, 2.05) is 40.9 Å². The van der Waals surface area contributed by atoms with Gasteiger partial charge in [0.05, 0.1) is 30.3 Å². The van der Waals surface area contributed by atoms with Crippen LogP contribution in [0.2, 0.25) is 0 Å². The molecule has 30 heavy (non-hydrogen) atoms. The van der Waals surface area contributed by atoms with Gasteiger partial charge in [-0.25, -0.2) is 0 Å². The van der Waals surface area contributed by atoms with Crippen LogP contribution < -0.4 is 0 Å². The maximum Gasteiger partial charge on any atom is 0.254 e. The molecule has 2 aromatic heterocycles. The van der Waals surface area contributed by atoms with Gasteiger partial charge in [-0.1, -0.05) is 13.0 Å². The molecule has 156 valence electrons. The number of carbonyl (C=O) groups excluding carboxylic acids is 1. The highest BCUT2D eigenvalue weighted by molar-refractivity contribution is 6.06. The lowest BCUT2D eigenvalue weighted by Gasteiger charge is -2.20. The quantitative estimate of drug-likeness (QED) is 0.669. The van der Waals surface area contributed by atoms with E-state index < -0.39 is 0 Å². The van der Waals surface area contributed by atoms with Crippen LogP contribution in [0.25, 0.3) is 10.9 Å². The number of nitrogens with zero attached hydrogens (tertiary/aromatic N) is 4. The van der Waals surface area contributed by atoms with E-state index >= 15 is 0 Å². The van der Waals surface area contributed by atoms with E-state index in [0.717, 1.165) is 23.0 Å². The molecule has 4 heterocycles. The fourth-order valence-electron chi connectivity index (χ4n) is 4.37. The molecule has 1 amide bonds. The predicted molar refractivity (Wildman–Crippen MR) is 113 cm³/mol. The average Bonchev–Trinajstić information content (AvgIpc) is 3.39. The average molecular weight is 406 g/mol. The molecule has 1 aromatic carbocycles. The molecule has 2 saturated heterocycles. The summed E-state index contributed by atoms with van der Waals surface area (Å²) in [4.78, 5) is 19.9. The summed E-state index contributed by atoms with van der Waals surface area (Å²) in [6, 6.07) is 10.0. The molecule has 2 fully saturated rings. The molecule has 2 aliphatic heterocycles. The fraction of sp³-hybridized carbons (Fsp3) is 0.435. The van der Waals surface area contributed by atoms with Gasteiger partial charge in [0, 0.05) is 36.6 Å². The Morgan fingerprint density at radius 3 is 2.60 bits per heavy atom. The second-order valence-corrected chi connectivity index (χ2v) is 8.11. The minimum absolute atomic E-state index is 0.0163. The summed E-state index contributed by atoms with van der Waals surface area (Å²) in [5, 5.41) is 5.21. The minimum Gasteiger partial charge on any atom is -0.371 e. The second-order valence-electron chi connectivity index (χ2n) is 8.11. The SMILES string of the molecule is CCc1ccc2nc(C)cc(C(=O)N3C[C@@H]4OCC(n5cccn5)CO[C@H]4C3)c2c1. The maximum atomic E-state index is 13.5. The number of pyridine rings is 1. The summed E-state index contributed by atoms with van der Waals surface area (Å²) >= 11 is 0. The largest absolute Gasteiger partial charge is 0.371 e. The van der Waals surface area contributed by atoms with E-state index in [4.69, 9.17) is 9.47 Å². The van der Waals surface area contributed by atoms with E-state index in [2.05, 4.69) is 29.1 Å². The number of aryl methyl sites for hydroxylation is 2. The standard InChI is InChI=1S/C23H26N4O3/c1-3-16-5-6-20-18(10-16)19(9-15(2)25-20)23(28)26-11-21-22(12-26)30-14-17(13-29-21)27-8-4-7-24-27/h4-10,17,21-22H,3,11-14H2,1-2H3/t21-,22-/m0/s1. The third-order valence-corrected chi connectivity index (χ3v) is 6.05. The van der Waals surface area contributed by atoms with Crippen LogP contribution in [0.4, 0.5) is 0 Å². The Hall–Kier alpha value is -2.77. The first kappa shape index (κ1) is 19.2. The molecule has 0 radical (unpaired) electrons. The number of benzene rings is 1. The highest BCUT2D eigenvalue weighted by atomic mass is 16.6. The van der Waals surface area contributed by atoms with Crippen molar-refractivity contribution in [3.8, 4) is 0 Å². The van der Waals surface area contributed by atoms with Crippen LogP contribution in [0.5, 0.6) is 0 Å². The van der Waals surface area contributed by atoms with Crippen molar-refractivity contribution in [2.75, 3.05) is 26.3 Å². The molecule has 0 aliphatic carbocycles.